The number of hydrogen-bond acceptors (Lipinski definition) is 11. The Bertz CT molecular complexity index is 1640. The summed E-state index contributed by atoms with van der Waals surface area (Å²) >= 11 is 5.49. The summed E-state index contributed by atoms with van der Waals surface area (Å²) in [6.07, 6.45) is 5.61. The monoisotopic (exact) mass is 693 g/mol. The number of carbonyl (C=O) groups is 2. The highest BCUT2D eigenvalue weighted by Gasteiger charge is 2.27. The first-order chi connectivity index (χ1) is 20.8. The van der Waals surface area contributed by atoms with Crippen LogP contribution in [0.15, 0.2) is 36.4 Å². The van der Waals surface area contributed by atoms with Gasteiger partial charge >= 0.3 is 11.9 Å². The van der Waals surface area contributed by atoms with Gasteiger partial charge in [-0.15, -0.1) is 0 Å². The van der Waals surface area contributed by atoms with Gasteiger partial charge in [-0.3, -0.25) is 20.2 Å². The van der Waals surface area contributed by atoms with Crippen LogP contribution in [0, 0.1) is 20.2 Å². The van der Waals surface area contributed by atoms with Crippen LogP contribution in [0.5, 0.6) is 0 Å². The zero-order chi connectivity index (χ0) is 34.1. The van der Waals surface area contributed by atoms with Crippen molar-refractivity contribution in [3.8, 4) is 0 Å². The molecule has 0 atom stereocenters. The summed E-state index contributed by atoms with van der Waals surface area (Å²) in [6.45, 7) is 2.58. The maximum absolute atomic E-state index is 11.5. The summed E-state index contributed by atoms with van der Waals surface area (Å²) in [6, 6.07) is 6.89. The molecule has 20 heteroatoms. The molecule has 2 heterocycles. The van der Waals surface area contributed by atoms with Crippen LogP contribution in [0.4, 0.5) is 17.1 Å². The third kappa shape index (κ3) is 11.2. The molecule has 0 radical (unpaired) electrons. The van der Waals surface area contributed by atoms with Crippen LogP contribution < -0.4 is 4.90 Å². The van der Waals surface area contributed by atoms with Crippen LogP contribution in [0.1, 0.15) is 40.0 Å². The molecule has 0 aliphatic carbocycles. The Labute approximate surface area is 264 Å². The van der Waals surface area contributed by atoms with E-state index in [-0.39, 0.29) is 40.6 Å². The SMILES string of the molecule is CS(=O)(=O)N1CCCCC1.CS(=O)(=O)N1CCN(c2ccc([N+](=O)[O-])cc2C(=O)O)CC1.O=C(O)c1cc([N+](=O)[O-])ccc1Cl. The molecule has 2 N–H and O–H groups in total. The number of nitro benzene ring substituents is 2. The molecule has 2 aliphatic rings. The normalized spacial score (nSPS) is 15.9. The van der Waals surface area contributed by atoms with Crippen molar-refractivity contribution in [1.82, 2.24) is 8.61 Å². The van der Waals surface area contributed by atoms with E-state index in [2.05, 4.69) is 0 Å². The number of aromatic carboxylic acids is 2. The summed E-state index contributed by atoms with van der Waals surface area (Å²) in [5, 5.41) is 38.8. The van der Waals surface area contributed by atoms with Crippen molar-refractivity contribution in [2.24, 2.45) is 0 Å². The number of carboxylic acids is 2. The number of piperazine rings is 1. The van der Waals surface area contributed by atoms with Crippen molar-refractivity contribution in [3.05, 3.63) is 72.8 Å². The largest absolute Gasteiger partial charge is 0.478 e. The van der Waals surface area contributed by atoms with Crippen molar-refractivity contribution in [3.63, 3.8) is 0 Å². The van der Waals surface area contributed by atoms with Gasteiger partial charge in [0.15, 0.2) is 0 Å². The zero-order valence-corrected chi connectivity index (χ0v) is 26.6. The lowest BCUT2D eigenvalue weighted by Gasteiger charge is -2.35. The van der Waals surface area contributed by atoms with Gasteiger partial charge < -0.3 is 15.1 Å². The van der Waals surface area contributed by atoms with Gasteiger partial charge in [0.1, 0.15) is 0 Å². The van der Waals surface area contributed by atoms with Gasteiger partial charge in [0.25, 0.3) is 11.4 Å². The highest BCUT2D eigenvalue weighted by atomic mass is 35.5. The number of benzene rings is 2. The lowest BCUT2D eigenvalue weighted by atomic mass is 10.1. The second kappa shape index (κ2) is 15.9. The number of nitro groups is 2. The maximum Gasteiger partial charge on any atom is 0.338 e. The van der Waals surface area contributed by atoms with E-state index in [1.54, 1.807) is 9.21 Å². The topological polar surface area (TPSA) is 239 Å². The molecule has 0 spiro atoms. The van der Waals surface area contributed by atoms with Gasteiger partial charge in [-0.05, 0) is 25.0 Å². The maximum atomic E-state index is 11.5. The summed E-state index contributed by atoms with van der Waals surface area (Å²) < 4.78 is 47.6. The molecule has 0 saturated carbocycles. The van der Waals surface area contributed by atoms with E-state index in [0.29, 0.717) is 18.8 Å². The zero-order valence-electron chi connectivity index (χ0n) is 24.2. The fraction of sp³-hybridized carbons (Fsp3) is 0.440. The van der Waals surface area contributed by atoms with E-state index in [1.165, 1.54) is 35.2 Å². The average molecular weight is 694 g/mol. The minimum absolute atomic E-state index is 0.0156. The number of sulfonamides is 2. The number of non-ortho nitro benzene ring substituents is 2. The number of carboxylic acid groups (broad SMARTS) is 2. The van der Waals surface area contributed by atoms with Gasteiger partial charge in [0.2, 0.25) is 20.0 Å². The first-order valence-electron chi connectivity index (χ1n) is 13.2. The van der Waals surface area contributed by atoms with Crippen LogP contribution in [0.2, 0.25) is 5.02 Å². The molecule has 45 heavy (non-hydrogen) atoms. The molecule has 0 aromatic heterocycles. The van der Waals surface area contributed by atoms with Gasteiger partial charge in [-0.1, -0.05) is 18.0 Å². The van der Waals surface area contributed by atoms with Crippen LogP contribution in [0.25, 0.3) is 0 Å². The minimum atomic E-state index is -3.27. The van der Waals surface area contributed by atoms with E-state index < -0.39 is 41.8 Å². The van der Waals surface area contributed by atoms with Gasteiger partial charge in [-0.25, -0.2) is 30.7 Å². The van der Waals surface area contributed by atoms with Gasteiger partial charge in [-0.2, -0.15) is 4.31 Å². The molecule has 2 fully saturated rings. The van der Waals surface area contributed by atoms with Crippen molar-refractivity contribution >= 4 is 60.6 Å². The molecule has 17 nitrogen and oxygen atoms in total. The first kappa shape index (κ1) is 37.3. The Hall–Kier alpha value is -3.91. The Morgan fingerprint density at radius 2 is 1.13 bits per heavy atom. The lowest BCUT2D eigenvalue weighted by molar-refractivity contribution is -0.385. The van der Waals surface area contributed by atoms with Crippen molar-refractivity contribution in [1.29, 1.82) is 0 Å². The van der Waals surface area contributed by atoms with Crippen molar-refractivity contribution in [2.45, 2.75) is 19.3 Å². The number of rotatable bonds is 7. The van der Waals surface area contributed by atoms with Crippen LogP contribution >= 0.6 is 11.6 Å². The average Bonchev–Trinajstić information content (AvgIpc) is 2.97. The number of halogens is 1. The third-order valence-electron chi connectivity index (χ3n) is 6.64. The lowest BCUT2D eigenvalue weighted by Crippen LogP contribution is -2.48. The Morgan fingerprint density at radius 1 is 0.711 bits per heavy atom. The van der Waals surface area contributed by atoms with E-state index in [0.717, 1.165) is 50.4 Å². The van der Waals surface area contributed by atoms with Gasteiger partial charge in [0, 0.05) is 63.5 Å². The molecule has 4 rings (SSSR count). The second-order valence-electron chi connectivity index (χ2n) is 9.86. The van der Waals surface area contributed by atoms with E-state index in [9.17, 15) is 51.8 Å². The second-order valence-corrected chi connectivity index (χ2v) is 14.2. The summed E-state index contributed by atoms with van der Waals surface area (Å²) in [7, 11) is -6.17. The molecule has 2 aromatic carbocycles. The molecular weight excluding hydrogens is 662 g/mol. The van der Waals surface area contributed by atoms with E-state index in [1.807, 2.05) is 0 Å². The highest BCUT2D eigenvalue weighted by Crippen LogP contribution is 2.27. The number of anilines is 1. The van der Waals surface area contributed by atoms with Gasteiger partial charge in [0.05, 0.1) is 44.2 Å². The van der Waals surface area contributed by atoms with E-state index in [4.69, 9.17) is 16.7 Å². The van der Waals surface area contributed by atoms with Crippen molar-refractivity contribution in [2.75, 3.05) is 56.7 Å². The van der Waals surface area contributed by atoms with E-state index >= 15 is 0 Å². The smallest absolute Gasteiger partial charge is 0.338 e. The number of hydrogen-bond donors (Lipinski definition) is 2. The molecule has 0 bridgehead atoms. The first-order valence-corrected chi connectivity index (χ1v) is 17.2. The molecule has 248 valence electrons. The Balaban J connectivity index is 0.000000259. The summed E-state index contributed by atoms with van der Waals surface area (Å²) in [5.74, 6) is -2.54. The molecule has 2 aliphatic heterocycles. The van der Waals surface area contributed by atoms with Crippen molar-refractivity contribution < 1.29 is 46.5 Å². The summed E-state index contributed by atoms with van der Waals surface area (Å²) in [5.41, 5.74) is -0.665. The summed E-state index contributed by atoms with van der Waals surface area (Å²) in [4.78, 5) is 43.2. The fourth-order valence-corrected chi connectivity index (χ4v) is 6.28. The Morgan fingerprint density at radius 3 is 1.53 bits per heavy atom. The Kier molecular flexibility index (Phi) is 13.2. The number of nitrogens with zero attached hydrogens (tertiary/aromatic N) is 5. The molecule has 2 aromatic rings. The molecule has 0 amide bonds. The molecule has 0 unspecified atom stereocenters. The minimum Gasteiger partial charge on any atom is -0.478 e. The molecular formula is C25H32ClN5O12S2. The standard InChI is InChI=1S/C12H15N3O6S.C7H4ClNO4.C6H13NO2S/c1-22(20,21)14-6-4-13(5-7-14)11-3-2-9(15(18)19)8-10(11)12(16)17;8-6-2-1-4(9(12)13)3-5(6)7(10)11;1-10(8,9)7-5-3-2-4-6-7/h2-3,8H,4-7H2,1H3,(H,16,17);1-3H,(H,10,11);2-6H2,1H3. The predicted molar refractivity (Wildman–Crippen MR) is 164 cm³/mol. The number of piperidine rings is 1. The third-order valence-corrected chi connectivity index (χ3v) is 9.58. The fourth-order valence-electron chi connectivity index (χ4n) is 4.33. The molecule has 2 saturated heterocycles. The predicted octanol–water partition coefficient (Wildman–Crippen LogP) is 2.75. The highest BCUT2D eigenvalue weighted by molar-refractivity contribution is 7.88. The van der Waals surface area contributed by atoms with Crippen LogP contribution in [-0.4, -0.2) is 109 Å². The van der Waals surface area contributed by atoms with Crippen LogP contribution in [-0.2, 0) is 20.0 Å². The van der Waals surface area contributed by atoms with Crippen LogP contribution in [0.3, 0.4) is 0 Å². The quantitative estimate of drug-likeness (QED) is 0.314.